The van der Waals surface area contributed by atoms with Gasteiger partial charge in [-0.15, -0.1) is 0 Å². The third-order valence-electron chi connectivity index (χ3n) is 4.71. The van der Waals surface area contributed by atoms with Crippen molar-refractivity contribution in [3.8, 4) is 0 Å². The maximum atomic E-state index is 5.96. The molecular weight excluding hydrogens is 332 g/mol. The first-order chi connectivity index (χ1) is 12.2. The van der Waals surface area contributed by atoms with Crippen molar-refractivity contribution < 1.29 is 0 Å². The Morgan fingerprint density at radius 3 is 2.20 bits per heavy atom. The SMILES string of the molecule is Cc1nc2ccccc2nc1N1CCN(Cc2ccc(Cl)cc2)CC1. The molecule has 0 saturated carbocycles. The van der Waals surface area contributed by atoms with Crippen LogP contribution in [0.5, 0.6) is 0 Å². The molecule has 0 bridgehead atoms. The van der Waals surface area contributed by atoms with Crippen molar-refractivity contribution in [2.75, 3.05) is 31.1 Å². The Bertz CT molecular complexity index is 871. The number of piperazine rings is 1. The number of hydrogen-bond donors (Lipinski definition) is 0. The molecule has 1 saturated heterocycles. The molecule has 0 N–H and O–H groups in total. The lowest BCUT2D eigenvalue weighted by Crippen LogP contribution is -2.46. The Labute approximate surface area is 153 Å². The minimum atomic E-state index is 0.791. The molecule has 4 rings (SSSR count). The van der Waals surface area contributed by atoms with Crippen molar-refractivity contribution in [1.82, 2.24) is 14.9 Å². The number of hydrogen-bond acceptors (Lipinski definition) is 4. The van der Waals surface area contributed by atoms with Crippen molar-refractivity contribution in [3.05, 3.63) is 64.8 Å². The van der Waals surface area contributed by atoms with Gasteiger partial charge in [0.05, 0.1) is 16.7 Å². The summed E-state index contributed by atoms with van der Waals surface area (Å²) in [5.41, 5.74) is 4.24. The average Bonchev–Trinajstić information content (AvgIpc) is 2.64. The zero-order valence-electron chi connectivity index (χ0n) is 14.3. The Kier molecular flexibility index (Phi) is 4.55. The third-order valence-corrected chi connectivity index (χ3v) is 4.96. The number of rotatable bonds is 3. The van der Waals surface area contributed by atoms with Gasteiger partial charge in [-0.05, 0) is 36.8 Å². The molecule has 0 aliphatic carbocycles. The number of nitrogens with zero attached hydrogens (tertiary/aromatic N) is 4. The number of aromatic nitrogens is 2. The smallest absolute Gasteiger partial charge is 0.150 e. The molecule has 3 aromatic rings. The van der Waals surface area contributed by atoms with Gasteiger partial charge in [-0.1, -0.05) is 35.9 Å². The van der Waals surface area contributed by atoms with E-state index in [0.717, 1.165) is 60.3 Å². The number of fused-ring (bicyclic) bond motifs is 1. The van der Waals surface area contributed by atoms with E-state index in [9.17, 15) is 0 Å². The highest BCUT2D eigenvalue weighted by Gasteiger charge is 2.20. The molecule has 25 heavy (non-hydrogen) atoms. The Hall–Kier alpha value is -2.17. The molecular formula is C20H21ClN4. The first-order valence-corrected chi connectivity index (χ1v) is 9.02. The Morgan fingerprint density at radius 1 is 0.880 bits per heavy atom. The molecule has 0 radical (unpaired) electrons. The van der Waals surface area contributed by atoms with E-state index in [1.165, 1.54) is 5.56 Å². The highest BCUT2D eigenvalue weighted by atomic mass is 35.5. The van der Waals surface area contributed by atoms with Gasteiger partial charge in [0.2, 0.25) is 0 Å². The van der Waals surface area contributed by atoms with Crippen LogP contribution in [0, 0.1) is 6.92 Å². The fraction of sp³-hybridized carbons (Fsp3) is 0.300. The largest absolute Gasteiger partial charge is 0.353 e. The van der Waals surface area contributed by atoms with Crippen molar-refractivity contribution in [2.45, 2.75) is 13.5 Å². The van der Waals surface area contributed by atoms with Crippen LogP contribution < -0.4 is 4.90 Å². The molecule has 1 aliphatic heterocycles. The first kappa shape index (κ1) is 16.3. The van der Waals surface area contributed by atoms with Gasteiger partial charge in [0.25, 0.3) is 0 Å². The zero-order chi connectivity index (χ0) is 17.2. The molecule has 1 aromatic heterocycles. The Balaban J connectivity index is 1.45. The number of aryl methyl sites for hydroxylation is 1. The molecule has 0 atom stereocenters. The van der Waals surface area contributed by atoms with Gasteiger partial charge in [0.15, 0.2) is 5.82 Å². The second kappa shape index (κ2) is 6.98. The van der Waals surface area contributed by atoms with Crippen LogP contribution in [0.1, 0.15) is 11.3 Å². The normalized spacial score (nSPS) is 15.7. The van der Waals surface area contributed by atoms with Crippen molar-refractivity contribution in [1.29, 1.82) is 0 Å². The first-order valence-electron chi connectivity index (χ1n) is 8.64. The second-order valence-electron chi connectivity index (χ2n) is 6.51. The van der Waals surface area contributed by atoms with Crippen LogP contribution in [0.25, 0.3) is 11.0 Å². The molecule has 0 amide bonds. The highest BCUT2D eigenvalue weighted by Crippen LogP contribution is 2.22. The topological polar surface area (TPSA) is 32.3 Å². The van der Waals surface area contributed by atoms with E-state index < -0.39 is 0 Å². The maximum absolute atomic E-state index is 5.96. The summed E-state index contributed by atoms with van der Waals surface area (Å²) in [6.07, 6.45) is 0. The fourth-order valence-corrected chi connectivity index (χ4v) is 3.47. The van der Waals surface area contributed by atoms with Crippen molar-refractivity contribution >= 4 is 28.5 Å². The Morgan fingerprint density at radius 2 is 1.52 bits per heavy atom. The van der Waals surface area contributed by atoms with E-state index >= 15 is 0 Å². The summed E-state index contributed by atoms with van der Waals surface area (Å²) in [4.78, 5) is 14.4. The highest BCUT2D eigenvalue weighted by molar-refractivity contribution is 6.30. The average molecular weight is 353 g/mol. The van der Waals surface area contributed by atoms with Crippen LogP contribution in [-0.4, -0.2) is 41.0 Å². The van der Waals surface area contributed by atoms with E-state index in [2.05, 4.69) is 28.9 Å². The molecule has 1 aliphatic rings. The molecule has 128 valence electrons. The number of para-hydroxylation sites is 2. The molecule has 0 unspecified atom stereocenters. The summed E-state index contributed by atoms with van der Waals surface area (Å²) in [5.74, 6) is 1.02. The number of halogens is 1. The van der Waals surface area contributed by atoms with Gasteiger partial charge in [-0.2, -0.15) is 0 Å². The molecule has 0 spiro atoms. The summed E-state index contributed by atoms with van der Waals surface area (Å²) in [6.45, 7) is 7.01. The summed E-state index contributed by atoms with van der Waals surface area (Å²) in [5, 5.41) is 0.791. The van der Waals surface area contributed by atoms with Gasteiger partial charge in [0, 0.05) is 37.7 Å². The van der Waals surface area contributed by atoms with Crippen LogP contribution in [-0.2, 0) is 6.54 Å². The lowest BCUT2D eigenvalue weighted by atomic mass is 10.2. The number of benzene rings is 2. The molecule has 5 heteroatoms. The molecule has 4 nitrogen and oxygen atoms in total. The van der Waals surface area contributed by atoms with Crippen molar-refractivity contribution in [2.24, 2.45) is 0 Å². The summed E-state index contributed by atoms with van der Waals surface area (Å²) < 4.78 is 0. The quantitative estimate of drug-likeness (QED) is 0.715. The molecule has 1 fully saturated rings. The lowest BCUT2D eigenvalue weighted by Gasteiger charge is -2.35. The number of anilines is 1. The van der Waals surface area contributed by atoms with Gasteiger partial charge in [-0.25, -0.2) is 9.97 Å². The van der Waals surface area contributed by atoms with E-state index in [4.69, 9.17) is 21.6 Å². The van der Waals surface area contributed by atoms with E-state index in [1.54, 1.807) is 0 Å². The molecule has 2 aromatic carbocycles. The minimum Gasteiger partial charge on any atom is -0.353 e. The van der Waals surface area contributed by atoms with E-state index in [1.807, 2.05) is 36.4 Å². The molecule has 2 heterocycles. The van der Waals surface area contributed by atoms with Crippen LogP contribution in [0.2, 0.25) is 5.02 Å². The maximum Gasteiger partial charge on any atom is 0.150 e. The zero-order valence-corrected chi connectivity index (χ0v) is 15.1. The van der Waals surface area contributed by atoms with Gasteiger partial charge < -0.3 is 4.90 Å². The predicted octanol–water partition coefficient (Wildman–Crippen LogP) is 3.91. The minimum absolute atomic E-state index is 0.791. The van der Waals surface area contributed by atoms with Crippen LogP contribution >= 0.6 is 11.6 Å². The van der Waals surface area contributed by atoms with Gasteiger partial charge >= 0.3 is 0 Å². The van der Waals surface area contributed by atoms with Crippen LogP contribution in [0.3, 0.4) is 0 Å². The summed E-state index contributed by atoms with van der Waals surface area (Å²) in [6, 6.07) is 16.2. The van der Waals surface area contributed by atoms with Crippen molar-refractivity contribution in [3.63, 3.8) is 0 Å². The standard InChI is InChI=1S/C20H21ClN4/c1-15-20(23-19-5-3-2-4-18(19)22-15)25-12-10-24(11-13-25)14-16-6-8-17(21)9-7-16/h2-9H,10-14H2,1H3. The summed E-state index contributed by atoms with van der Waals surface area (Å²) >= 11 is 5.96. The van der Waals surface area contributed by atoms with E-state index in [0.29, 0.717) is 0 Å². The van der Waals surface area contributed by atoms with Crippen LogP contribution in [0.4, 0.5) is 5.82 Å². The van der Waals surface area contributed by atoms with Gasteiger partial charge in [-0.3, -0.25) is 4.90 Å². The van der Waals surface area contributed by atoms with Gasteiger partial charge in [0.1, 0.15) is 0 Å². The monoisotopic (exact) mass is 352 g/mol. The summed E-state index contributed by atoms with van der Waals surface area (Å²) in [7, 11) is 0. The fourth-order valence-electron chi connectivity index (χ4n) is 3.34. The lowest BCUT2D eigenvalue weighted by molar-refractivity contribution is 0.249. The predicted molar refractivity (Wildman–Crippen MR) is 103 cm³/mol. The second-order valence-corrected chi connectivity index (χ2v) is 6.95. The van der Waals surface area contributed by atoms with Crippen LogP contribution in [0.15, 0.2) is 48.5 Å². The van der Waals surface area contributed by atoms with E-state index in [-0.39, 0.29) is 0 Å². The third kappa shape index (κ3) is 3.60.